The molecule has 0 aliphatic rings. The maximum Gasteiger partial charge on any atom is 0.107 e. The number of rotatable bonds is 6. The molecule has 17 heavy (non-hydrogen) atoms. The van der Waals surface area contributed by atoms with Crippen molar-refractivity contribution in [3.63, 3.8) is 0 Å². The molecular weight excluding hydrogens is 256 g/mol. The minimum atomic E-state index is 0.118. The number of alkyl halides is 1. The first kappa shape index (κ1) is 14.9. The Morgan fingerprint density at radius 3 is 2.71 bits per heavy atom. The van der Waals surface area contributed by atoms with Crippen LogP contribution in [0, 0.1) is 0 Å². The molecule has 5 heteroatoms. The first-order chi connectivity index (χ1) is 7.97. The van der Waals surface area contributed by atoms with Gasteiger partial charge in [0.2, 0.25) is 0 Å². The predicted octanol–water partition coefficient (Wildman–Crippen LogP) is 2.78. The molecule has 3 nitrogen and oxygen atoms in total. The van der Waals surface area contributed by atoms with Crippen molar-refractivity contribution in [1.29, 1.82) is 0 Å². The van der Waals surface area contributed by atoms with Gasteiger partial charge in [0.1, 0.15) is 5.01 Å². The smallest absolute Gasteiger partial charge is 0.107 e. The predicted molar refractivity (Wildman–Crippen MR) is 74.0 cm³/mol. The summed E-state index contributed by atoms with van der Waals surface area (Å²) in [4.78, 5) is 4.62. The number of hydrogen-bond acceptors (Lipinski definition) is 4. The van der Waals surface area contributed by atoms with Crippen molar-refractivity contribution in [3.8, 4) is 0 Å². The second kappa shape index (κ2) is 6.69. The fourth-order valence-electron chi connectivity index (χ4n) is 1.33. The van der Waals surface area contributed by atoms with Gasteiger partial charge in [-0.1, -0.05) is 20.8 Å². The monoisotopic (exact) mass is 276 g/mol. The number of ether oxygens (including phenoxy) is 1. The Kier molecular flexibility index (Phi) is 5.86. The van der Waals surface area contributed by atoms with E-state index in [1.165, 1.54) is 0 Å². The Morgan fingerprint density at radius 1 is 1.53 bits per heavy atom. The van der Waals surface area contributed by atoms with E-state index in [1.54, 1.807) is 18.4 Å². The maximum absolute atomic E-state index is 5.83. The molecule has 0 radical (unpaired) electrons. The summed E-state index contributed by atoms with van der Waals surface area (Å²) in [6, 6.07) is 0.184. The lowest BCUT2D eigenvalue weighted by Crippen LogP contribution is -2.34. The molecule has 1 aromatic rings. The molecule has 98 valence electrons. The van der Waals surface area contributed by atoms with Crippen LogP contribution in [0.4, 0.5) is 0 Å². The zero-order chi connectivity index (χ0) is 12.9. The lowest BCUT2D eigenvalue weighted by Gasteiger charge is -2.15. The number of thiazole rings is 1. The molecule has 1 rings (SSSR count). The van der Waals surface area contributed by atoms with E-state index in [2.05, 4.69) is 36.5 Å². The normalized spacial score (nSPS) is 13.9. The van der Waals surface area contributed by atoms with Gasteiger partial charge in [0.05, 0.1) is 12.3 Å². The summed E-state index contributed by atoms with van der Waals surface area (Å²) in [7, 11) is 1.68. The van der Waals surface area contributed by atoms with Crippen molar-refractivity contribution in [3.05, 3.63) is 16.1 Å². The van der Waals surface area contributed by atoms with Crippen LogP contribution >= 0.6 is 22.9 Å². The molecule has 1 aromatic heterocycles. The summed E-state index contributed by atoms with van der Waals surface area (Å²) in [5.74, 6) is 0.547. The third-order valence-corrected chi connectivity index (χ3v) is 3.64. The zero-order valence-corrected chi connectivity index (χ0v) is 12.5. The zero-order valence-electron chi connectivity index (χ0n) is 10.9. The Bertz CT molecular complexity index is 335. The number of aromatic nitrogens is 1. The van der Waals surface area contributed by atoms with Gasteiger partial charge in [-0.05, 0) is 0 Å². The summed E-state index contributed by atoms with van der Waals surface area (Å²) in [5.41, 5.74) is 1.26. The highest BCUT2D eigenvalue weighted by Gasteiger charge is 2.17. The highest BCUT2D eigenvalue weighted by Crippen LogP contribution is 2.23. The van der Waals surface area contributed by atoms with Crippen LogP contribution in [0.15, 0.2) is 5.38 Å². The van der Waals surface area contributed by atoms with Crippen molar-refractivity contribution in [1.82, 2.24) is 10.3 Å². The quantitative estimate of drug-likeness (QED) is 0.812. The largest absolute Gasteiger partial charge is 0.383 e. The Morgan fingerprint density at radius 2 is 2.24 bits per heavy atom. The van der Waals surface area contributed by atoms with Crippen LogP contribution in [-0.2, 0) is 16.7 Å². The topological polar surface area (TPSA) is 34.1 Å². The van der Waals surface area contributed by atoms with Crippen LogP contribution in [0.3, 0.4) is 0 Å². The molecule has 0 bridgehead atoms. The minimum absolute atomic E-state index is 0.118. The van der Waals surface area contributed by atoms with Crippen LogP contribution in [0.5, 0.6) is 0 Å². The fraction of sp³-hybridized carbons (Fsp3) is 0.750. The van der Waals surface area contributed by atoms with E-state index in [1.807, 2.05) is 0 Å². The van der Waals surface area contributed by atoms with Gasteiger partial charge in [-0.25, -0.2) is 4.98 Å². The van der Waals surface area contributed by atoms with Gasteiger partial charge in [0.15, 0.2) is 0 Å². The molecule has 0 amide bonds. The van der Waals surface area contributed by atoms with Crippen molar-refractivity contribution >= 4 is 22.9 Å². The van der Waals surface area contributed by atoms with Crippen LogP contribution in [0.1, 0.15) is 31.5 Å². The molecule has 1 atom stereocenters. The van der Waals surface area contributed by atoms with Gasteiger partial charge in [0, 0.05) is 36.4 Å². The van der Waals surface area contributed by atoms with Crippen LogP contribution in [0.2, 0.25) is 0 Å². The lowest BCUT2D eigenvalue weighted by molar-refractivity contribution is 0.172. The molecule has 0 fully saturated rings. The molecule has 1 N–H and O–H groups in total. The average molecular weight is 277 g/mol. The van der Waals surface area contributed by atoms with Crippen molar-refractivity contribution < 1.29 is 4.74 Å². The van der Waals surface area contributed by atoms with E-state index in [0.29, 0.717) is 12.5 Å². The molecule has 0 spiro atoms. The molecular formula is C12H21ClN2OS. The van der Waals surface area contributed by atoms with Crippen molar-refractivity contribution in [2.24, 2.45) is 0 Å². The maximum atomic E-state index is 5.83. The number of halogens is 1. The second-order valence-electron chi connectivity index (χ2n) is 5.06. The van der Waals surface area contributed by atoms with Crippen LogP contribution in [0.25, 0.3) is 0 Å². The van der Waals surface area contributed by atoms with Gasteiger partial charge in [-0.2, -0.15) is 0 Å². The summed E-state index contributed by atoms with van der Waals surface area (Å²) in [6.07, 6.45) is 0. The summed E-state index contributed by atoms with van der Waals surface area (Å²) < 4.78 is 5.08. The molecule has 0 aliphatic heterocycles. The summed E-state index contributed by atoms with van der Waals surface area (Å²) in [5, 5.41) is 6.57. The molecule has 0 saturated carbocycles. The number of nitrogens with one attached hydrogen (secondary N) is 1. The highest BCUT2D eigenvalue weighted by atomic mass is 35.5. The third kappa shape index (κ3) is 4.92. The number of nitrogens with zero attached hydrogens (tertiary/aromatic N) is 1. The van der Waals surface area contributed by atoms with E-state index in [-0.39, 0.29) is 11.5 Å². The van der Waals surface area contributed by atoms with E-state index < -0.39 is 0 Å². The van der Waals surface area contributed by atoms with Gasteiger partial charge in [0.25, 0.3) is 0 Å². The standard InChI is InChI=1S/C12H21ClN2OS/c1-12(2,3)10-8-17-11(15-10)6-14-9(5-13)7-16-4/h8-9,14H,5-7H2,1-4H3. The molecule has 1 heterocycles. The first-order valence-corrected chi connectivity index (χ1v) is 7.12. The van der Waals surface area contributed by atoms with E-state index in [9.17, 15) is 0 Å². The Labute approximate surface area is 113 Å². The van der Waals surface area contributed by atoms with Crippen LogP contribution < -0.4 is 5.32 Å². The Balaban J connectivity index is 2.49. The molecule has 0 aliphatic carbocycles. The second-order valence-corrected chi connectivity index (χ2v) is 6.32. The van der Waals surface area contributed by atoms with Crippen molar-refractivity contribution in [2.45, 2.75) is 38.8 Å². The molecule has 1 unspecified atom stereocenters. The van der Waals surface area contributed by atoms with Gasteiger partial charge in [-0.3, -0.25) is 0 Å². The summed E-state index contributed by atoms with van der Waals surface area (Å²) >= 11 is 7.52. The molecule has 0 aromatic carbocycles. The SMILES string of the molecule is COCC(CCl)NCc1nc(C(C)(C)C)cs1. The van der Waals surface area contributed by atoms with E-state index in [0.717, 1.165) is 17.2 Å². The first-order valence-electron chi connectivity index (χ1n) is 5.70. The van der Waals surface area contributed by atoms with Gasteiger partial charge < -0.3 is 10.1 Å². The van der Waals surface area contributed by atoms with Gasteiger partial charge in [-0.15, -0.1) is 22.9 Å². The average Bonchev–Trinajstić information content (AvgIpc) is 2.72. The third-order valence-electron chi connectivity index (χ3n) is 2.42. The lowest BCUT2D eigenvalue weighted by atomic mass is 9.93. The summed E-state index contributed by atoms with van der Waals surface area (Å²) in [6.45, 7) is 7.89. The Hall–Kier alpha value is -0.160. The minimum Gasteiger partial charge on any atom is -0.383 e. The van der Waals surface area contributed by atoms with Crippen LogP contribution in [-0.4, -0.2) is 30.6 Å². The highest BCUT2D eigenvalue weighted by molar-refractivity contribution is 7.09. The van der Waals surface area contributed by atoms with E-state index in [4.69, 9.17) is 16.3 Å². The number of hydrogen-bond donors (Lipinski definition) is 1. The fourth-order valence-corrected chi connectivity index (χ4v) is 2.50. The van der Waals surface area contributed by atoms with Gasteiger partial charge >= 0.3 is 0 Å². The van der Waals surface area contributed by atoms with Crippen molar-refractivity contribution in [2.75, 3.05) is 19.6 Å². The van der Waals surface area contributed by atoms with E-state index >= 15 is 0 Å². The molecule has 0 saturated heterocycles. The number of methoxy groups -OCH3 is 1.